The van der Waals surface area contributed by atoms with Gasteiger partial charge in [-0.2, -0.15) is 0 Å². The maximum Gasteiger partial charge on any atom is 0.149 e. The van der Waals surface area contributed by atoms with Crippen molar-refractivity contribution < 1.29 is 9.15 Å². The molecule has 15 heavy (non-hydrogen) atoms. The van der Waals surface area contributed by atoms with Crippen molar-refractivity contribution in [3.63, 3.8) is 0 Å². The normalized spacial score (nSPS) is 10.9. The average molecular weight is 335 g/mol. The highest BCUT2D eigenvalue weighted by atomic mass is 79.9. The number of fused-ring (bicyclic) bond motifs is 1. The van der Waals surface area contributed by atoms with E-state index in [0.29, 0.717) is 6.54 Å². The minimum absolute atomic E-state index is 0.436. The van der Waals surface area contributed by atoms with Crippen molar-refractivity contribution in [1.82, 2.24) is 0 Å². The Morgan fingerprint density at radius 2 is 2.20 bits per heavy atom. The molecule has 80 valence electrons. The molecule has 1 aromatic carbocycles. The van der Waals surface area contributed by atoms with Crippen LogP contribution in [0.25, 0.3) is 11.0 Å². The molecule has 2 rings (SSSR count). The van der Waals surface area contributed by atoms with Crippen molar-refractivity contribution in [3.8, 4) is 5.75 Å². The maximum atomic E-state index is 5.63. The van der Waals surface area contributed by atoms with Crippen molar-refractivity contribution in [2.75, 3.05) is 7.11 Å². The van der Waals surface area contributed by atoms with Gasteiger partial charge < -0.3 is 14.9 Å². The van der Waals surface area contributed by atoms with Crippen molar-refractivity contribution in [3.05, 3.63) is 26.8 Å². The monoisotopic (exact) mass is 333 g/mol. The maximum absolute atomic E-state index is 5.63. The zero-order valence-corrected chi connectivity index (χ0v) is 11.2. The number of hydrogen-bond acceptors (Lipinski definition) is 3. The van der Waals surface area contributed by atoms with Crippen molar-refractivity contribution in [2.45, 2.75) is 6.54 Å². The van der Waals surface area contributed by atoms with Gasteiger partial charge >= 0.3 is 0 Å². The molecular weight excluding hydrogens is 326 g/mol. The van der Waals surface area contributed by atoms with Crippen LogP contribution in [0.1, 0.15) is 5.56 Å². The first-order chi connectivity index (χ1) is 7.19. The van der Waals surface area contributed by atoms with Gasteiger partial charge in [-0.3, -0.25) is 0 Å². The molecule has 0 spiro atoms. The van der Waals surface area contributed by atoms with Crippen LogP contribution in [0.4, 0.5) is 0 Å². The third kappa shape index (κ3) is 1.68. The Balaban J connectivity index is 2.85. The highest BCUT2D eigenvalue weighted by molar-refractivity contribution is 9.11. The molecule has 5 heteroatoms. The van der Waals surface area contributed by atoms with Crippen LogP contribution in [-0.2, 0) is 6.54 Å². The van der Waals surface area contributed by atoms with Gasteiger partial charge in [0.2, 0.25) is 0 Å². The SMILES string of the molecule is COc1cc(Br)c2occ(CN)c2c1Br. The Morgan fingerprint density at radius 3 is 2.80 bits per heavy atom. The second-order valence-corrected chi connectivity index (χ2v) is 4.69. The molecule has 0 atom stereocenters. The highest BCUT2D eigenvalue weighted by Crippen LogP contribution is 2.40. The third-order valence-corrected chi connectivity index (χ3v) is 3.59. The van der Waals surface area contributed by atoms with Crippen LogP contribution in [0, 0.1) is 0 Å². The van der Waals surface area contributed by atoms with E-state index in [1.54, 1.807) is 13.4 Å². The van der Waals surface area contributed by atoms with E-state index in [0.717, 1.165) is 31.2 Å². The van der Waals surface area contributed by atoms with Crippen LogP contribution in [0.15, 0.2) is 25.7 Å². The molecular formula is C10H9Br2NO2. The van der Waals surface area contributed by atoms with Gasteiger partial charge in [0.25, 0.3) is 0 Å². The summed E-state index contributed by atoms with van der Waals surface area (Å²) < 4.78 is 12.4. The van der Waals surface area contributed by atoms with Gasteiger partial charge in [-0.25, -0.2) is 0 Å². The average Bonchev–Trinajstić information content (AvgIpc) is 2.67. The number of halogens is 2. The van der Waals surface area contributed by atoms with Crippen molar-refractivity contribution in [1.29, 1.82) is 0 Å². The first-order valence-electron chi connectivity index (χ1n) is 4.31. The Morgan fingerprint density at radius 1 is 1.47 bits per heavy atom. The highest BCUT2D eigenvalue weighted by Gasteiger charge is 2.15. The van der Waals surface area contributed by atoms with E-state index in [2.05, 4.69) is 31.9 Å². The van der Waals surface area contributed by atoms with E-state index in [-0.39, 0.29) is 0 Å². The van der Waals surface area contributed by atoms with E-state index < -0.39 is 0 Å². The lowest BCUT2D eigenvalue weighted by Gasteiger charge is -2.06. The Kier molecular flexibility index (Phi) is 3.04. The smallest absolute Gasteiger partial charge is 0.149 e. The minimum Gasteiger partial charge on any atom is -0.496 e. The fraction of sp³-hybridized carbons (Fsp3) is 0.200. The molecule has 1 heterocycles. The predicted molar refractivity (Wildman–Crippen MR) is 66.1 cm³/mol. The third-order valence-electron chi connectivity index (χ3n) is 2.22. The number of nitrogens with two attached hydrogens (primary N) is 1. The van der Waals surface area contributed by atoms with Crippen LogP contribution in [0.3, 0.4) is 0 Å². The van der Waals surface area contributed by atoms with Gasteiger partial charge in [0.1, 0.15) is 11.3 Å². The van der Waals surface area contributed by atoms with Crippen molar-refractivity contribution in [2.24, 2.45) is 5.73 Å². The molecule has 0 aliphatic carbocycles. The summed E-state index contributed by atoms with van der Waals surface area (Å²) >= 11 is 6.92. The number of hydrogen-bond donors (Lipinski definition) is 1. The van der Waals surface area contributed by atoms with Crippen LogP contribution in [-0.4, -0.2) is 7.11 Å². The van der Waals surface area contributed by atoms with Gasteiger partial charge in [-0.05, 0) is 37.9 Å². The van der Waals surface area contributed by atoms with Gasteiger partial charge in [-0.1, -0.05) is 0 Å². The fourth-order valence-corrected chi connectivity index (χ4v) is 2.69. The van der Waals surface area contributed by atoms with E-state index in [1.165, 1.54) is 0 Å². The molecule has 0 saturated heterocycles. The summed E-state index contributed by atoms with van der Waals surface area (Å²) in [5.41, 5.74) is 7.37. The first-order valence-corrected chi connectivity index (χ1v) is 5.89. The zero-order chi connectivity index (χ0) is 11.0. The van der Waals surface area contributed by atoms with Crippen molar-refractivity contribution >= 4 is 42.8 Å². The molecule has 0 aliphatic rings. The summed E-state index contributed by atoms with van der Waals surface area (Å²) in [6.07, 6.45) is 1.67. The Hall–Kier alpha value is -0.520. The molecule has 1 aromatic heterocycles. The second-order valence-electron chi connectivity index (χ2n) is 3.04. The van der Waals surface area contributed by atoms with E-state index in [1.807, 2.05) is 6.07 Å². The second kappa shape index (κ2) is 4.15. The summed E-state index contributed by atoms with van der Waals surface area (Å²) in [5, 5.41) is 0.962. The zero-order valence-electron chi connectivity index (χ0n) is 8.01. The van der Waals surface area contributed by atoms with E-state index in [9.17, 15) is 0 Å². The molecule has 2 N–H and O–H groups in total. The molecule has 0 bridgehead atoms. The van der Waals surface area contributed by atoms with Crippen LogP contribution < -0.4 is 10.5 Å². The topological polar surface area (TPSA) is 48.4 Å². The Labute approximate surface area is 104 Å². The summed E-state index contributed by atoms with van der Waals surface area (Å²) in [6, 6.07) is 1.86. The standard InChI is InChI=1S/C10H9Br2NO2/c1-14-7-2-6(11)10-8(9(7)12)5(3-13)4-15-10/h2,4H,3,13H2,1H3. The molecule has 0 saturated carbocycles. The Bertz CT molecular complexity index is 508. The lowest BCUT2D eigenvalue weighted by molar-refractivity contribution is 0.412. The number of furan rings is 1. The molecule has 0 fully saturated rings. The van der Waals surface area contributed by atoms with Gasteiger partial charge in [-0.15, -0.1) is 0 Å². The molecule has 2 aromatic rings. The summed E-state index contributed by atoms with van der Waals surface area (Å²) in [5.74, 6) is 0.755. The van der Waals surface area contributed by atoms with Crippen LogP contribution >= 0.6 is 31.9 Å². The quantitative estimate of drug-likeness (QED) is 0.915. The number of ether oxygens (including phenoxy) is 1. The summed E-state index contributed by atoms with van der Waals surface area (Å²) in [6.45, 7) is 0.436. The molecule has 0 amide bonds. The molecule has 0 aliphatic heterocycles. The largest absolute Gasteiger partial charge is 0.496 e. The number of benzene rings is 1. The fourth-order valence-electron chi connectivity index (χ4n) is 1.48. The van der Waals surface area contributed by atoms with Gasteiger partial charge in [0.15, 0.2) is 0 Å². The molecule has 0 radical (unpaired) electrons. The van der Waals surface area contributed by atoms with E-state index >= 15 is 0 Å². The van der Waals surface area contributed by atoms with Gasteiger partial charge in [0.05, 0.1) is 22.3 Å². The van der Waals surface area contributed by atoms with Crippen LogP contribution in [0.5, 0.6) is 5.75 Å². The first kappa shape index (κ1) is 11.0. The minimum atomic E-state index is 0.436. The van der Waals surface area contributed by atoms with Gasteiger partial charge in [0, 0.05) is 17.5 Å². The van der Waals surface area contributed by atoms with E-state index in [4.69, 9.17) is 14.9 Å². The lowest BCUT2D eigenvalue weighted by Crippen LogP contribution is -1.95. The predicted octanol–water partition coefficient (Wildman–Crippen LogP) is 3.43. The summed E-state index contributed by atoms with van der Waals surface area (Å²) in [7, 11) is 1.63. The number of methoxy groups -OCH3 is 1. The molecule has 0 unspecified atom stereocenters. The van der Waals surface area contributed by atoms with Crippen LogP contribution in [0.2, 0.25) is 0 Å². The summed E-state index contributed by atoms with van der Waals surface area (Å²) in [4.78, 5) is 0. The molecule has 3 nitrogen and oxygen atoms in total. The lowest BCUT2D eigenvalue weighted by atomic mass is 10.1. The number of rotatable bonds is 2.